The Morgan fingerprint density at radius 2 is 0.649 bits per heavy atom. The Kier molecular flexibility index (Phi) is 6.16. The summed E-state index contributed by atoms with van der Waals surface area (Å²) in [5.41, 5.74) is 12.4. The number of hydrogen-bond donors (Lipinski definition) is 0. The van der Waals surface area contributed by atoms with Gasteiger partial charge in [0.25, 0.3) is 0 Å². The average Bonchev–Trinajstić information content (AvgIpc) is 3.95. The van der Waals surface area contributed by atoms with E-state index in [1.165, 1.54) is 43.8 Å². The van der Waals surface area contributed by atoms with E-state index >= 15 is 0 Å². The third-order valence-electron chi connectivity index (χ3n) is 12.1. The molecular formula is C54H30O3. The Morgan fingerprint density at radius 1 is 0.228 bits per heavy atom. The number of rotatable bonds is 3. The number of furan rings is 3. The third kappa shape index (κ3) is 4.37. The molecule has 0 radical (unpaired) electrons. The minimum Gasteiger partial charge on any atom is -0.456 e. The molecule has 0 bridgehead atoms. The minimum absolute atomic E-state index is 0.862. The Labute approximate surface area is 325 Å². The molecule has 13 aromatic rings. The lowest BCUT2D eigenvalue weighted by molar-refractivity contribution is 0.665. The van der Waals surface area contributed by atoms with Crippen LogP contribution in [0.15, 0.2) is 195 Å². The van der Waals surface area contributed by atoms with E-state index in [0.29, 0.717) is 0 Å². The van der Waals surface area contributed by atoms with E-state index in [0.717, 1.165) is 87.7 Å². The fourth-order valence-corrected chi connectivity index (χ4v) is 9.50. The van der Waals surface area contributed by atoms with Crippen LogP contribution >= 0.6 is 0 Å². The maximum atomic E-state index is 6.67. The average molecular weight is 727 g/mol. The summed E-state index contributed by atoms with van der Waals surface area (Å²) in [6.45, 7) is 0. The number of para-hydroxylation sites is 2. The normalized spacial score (nSPS) is 12.2. The molecule has 10 aromatic carbocycles. The van der Waals surface area contributed by atoms with Crippen molar-refractivity contribution in [1.29, 1.82) is 0 Å². The van der Waals surface area contributed by atoms with Crippen molar-refractivity contribution in [1.82, 2.24) is 0 Å². The van der Waals surface area contributed by atoms with E-state index in [2.05, 4.69) is 158 Å². The van der Waals surface area contributed by atoms with Crippen molar-refractivity contribution >= 4 is 98.1 Å². The van der Waals surface area contributed by atoms with Gasteiger partial charge in [0.2, 0.25) is 0 Å². The fraction of sp³-hybridized carbons (Fsp3) is 0. The van der Waals surface area contributed by atoms with Crippen LogP contribution in [-0.2, 0) is 0 Å². The SMILES string of the molecule is c1ccc2c(c1)oc1cc(-c3c4ccccc4c(-c4ccc(-c5cc6c7cc8oc9ccccc9c8cc7oc6c6ccccc56)cc4)c4ccccc34)ccc12. The molecule has 0 aliphatic heterocycles. The predicted octanol–water partition coefficient (Wildman–Crippen LogP) is 15.8. The summed E-state index contributed by atoms with van der Waals surface area (Å²) in [6.07, 6.45) is 0. The highest BCUT2D eigenvalue weighted by atomic mass is 16.3. The van der Waals surface area contributed by atoms with Crippen LogP contribution in [0, 0.1) is 0 Å². The summed E-state index contributed by atoms with van der Waals surface area (Å²) in [7, 11) is 0. The van der Waals surface area contributed by atoms with Crippen molar-refractivity contribution in [3.63, 3.8) is 0 Å². The molecule has 0 amide bonds. The van der Waals surface area contributed by atoms with Crippen molar-refractivity contribution < 1.29 is 13.3 Å². The number of fused-ring (bicyclic) bond motifs is 13. The first-order valence-electron chi connectivity index (χ1n) is 19.4. The van der Waals surface area contributed by atoms with Crippen molar-refractivity contribution in [2.24, 2.45) is 0 Å². The van der Waals surface area contributed by atoms with Crippen LogP contribution in [0.25, 0.3) is 132 Å². The molecule has 0 saturated heterocycles. The molecule has 0 spiro atoms. The van der Waals surface area contributed by atoms with Crippen LogP contribution in [0.2, 0.25) is 0 Å². The summed E-state index contributed by atoms with van der Waals surface area (Å²) in [5, 5.41) is 13.7. The molecule has 0 aliphatic rings. The van der Waals surface area contributed by atoms with Crippen LogP contribution in [0.4, 0.5) is 0 Å². The zero-order chi connectivity index (χ0) is 37.2. The molecule has 0 unspecified atom stereocenters. The minimum atomic E-state index is 0.862. The lowest BCUT2D eigenvalue weighted by Gasteiger charge is -2.18. The smallest absolute Gasteiger partial charge is 0.143 e. The second-order valence-corrected chi connectivity index (χ2v) is 15.1. The first-order chi connectivity index (χ1) is 28.2. The first-order valence-corrected chi connectivity index (χ1v) is 19.4. The standard InChI is InChI=1S/C54H30O3/c1-6-18-42-34(11-1)43(28-46-45-30-50-44(29-51(45)57-54(42)46)36-13-8-10-20-48(36)56-50)31-21-23-32(24-22-31)52-38-14-2-4-16-40(38)53(41-17-5-3-15-39(41)52)33-25-26-37-35-12-7-9-19-47(35)55-49(37)27-33/h1-30H. The highest BCUT2D eigenvalue weighted by molar-refractivity contribution is 6.24. The molecule has 57 heavy (non-hydrogen) atoms. The van der Waals surface area contributed by atoms with Crippen LogP contribution in [0.5, 0.6) is 0 Å². The zero-order valence-electron chi connectivity index (χ0n) is 30.5. The molecule has 0 N–H and O–H groups in total. The molecule has 3 heterocycles. The molecule has 3 aromatic heterocycles. The lowest BCUT2D eigenvalue weighted by Crippen LogP contribution is -1.91. The second kappa shape index (κ2) is 11.5. The van der Waals surface area contributed by atoms with Gasteiger partial charge >= 0.3 is 0 Å². The highest BCUT2D eigenvalue weighted by Gasteiger charge is 2.20. The Morgan fingerprint density at radius 3 is 1.28 bits per heavy atom. The van der Waals surface area contributed by atoms with Gasteiger partial charge < -0.3 is 13.3 Å². The molecule has 0 aliphatic carbocycles. The molecule has 0 saturated carbocycles. The van der Waals surface area contributed by atoms with Crippen molar-refractivity contribution in [2.45, 2.75) is 0 Å². The second-order valence-electron chi connectivity index (χ2n) is 15.1. The van der Waals surface area contributed by atoms with Gasteiger partial charge in [0, 0.05) is 37.7 Å². The van der Waals surface area contributed by atoms with E-state index in [1.807, 2.05) is 24.3 Å². The topological polar surface area (TPSA) is 39.4 Å². The van der Waals surface area contributed by atoms with Gasteiger partial charge in [-0.3, -0.25) is 0 Å². The first kappa shape index (κ1) is 30.7. The summed E-state index contributed by atoms with van der Waals surface area (Å²) < 4.78 is 19.3. The summed E-state index contributed by atoms with van der Waals surface area (Å²) >= 11 is 0. The van der Waals surface area contributed by atoms with Crippen molar-refractivity contribution in [2.75, 3.05) is 0 Å². The van der Waals surface area contributed by atoms with Crippen LogP contribution in [0.1, 0.15) is 0 Å². The van der Waals surface area contributed by atoms with Gasteiger partial charge in [-0.2, -0.15) is 0 Å². The van der Waals surface area contributed by atoms with E-state index in [1.54, 1.807) is 0 Å². The van der Waals surface area contributed by atoms with E-state index in [-0.39, 0.29) is 0 Å². The molecule has 3 heteroatoms. The van der Waals surface area contributed by atoms with Crippen LogP contribution in [-0.4, -0.2) is 0 Å². The number of benzene rings is 10. The Bertz CT molecular complexity index is 3740. The lowest BCUT2D eigenvalue weighted by atomic mass is 9.85. The summed E-state index contributed by atoms with van der Waals surface area (Å²) in [5.74, 6) is 0. The highest BCUT2D eigenvalue weighted by Crippen LogP contribution is 2.46. The quantitative estimate of drug-likeness (QED) is 0.170. The van der Waals surface area contributed by atoms with Crippen LogP contribution in [0.3, 0.4) is 0 Å². The van der Waals surface area contributed by atoms with Crippen molar-refractivity contribution in [3.05, 3.63) is 182 Å². The monoisotopic (exact) mass is 726 g/mol. The van der Waals surface area contributed by atoms with E-state index in [4.69, 9.17) is 13.3 Å². The van der Waals surface area contributed by atoms with Crippen LogP contribution < -0.4 is 0 Å². The van der Waals surface area contributed by atoms with Gasteiger partial charge in [-0.05, 0) is 103 Å². The van der Waals surface area contributed by atoms with E-state index in [9.17, 15) is 0 Å². The molecule has 264 valence electrons. The van der Waals surface area contributed by atoms with Gasteiger partial charge in [-0.15, -0.1) is 0 Å². The van der Waals surface area contributed by atoms with Crippen molar-refractivity contribution in [3.8, 4) is 33.4 Å². The van der Waals surface area contributed by atoms with Gasteiger partial charge in [0.15, 0.2) is 0 Å². The zero-order valence-corrected chi connectivity index (χ0v) is 30.5. The molecule has 13 rings (SSSR count). The van der Waals surface area contributed by atoms with Gasteiger partial charge in [-0.1, -0.05) is 140 Å². The maximum Gasteiger partial charge on any atom is 0.143 e. The largest absolute Gasteiger partial charge is 0.456 e. The summed E-state index contributed by atoms with van der Waals surface area (Å²) in [6, 6.07) is 65.0. The molecule has 3 nitrogen and oxygen atoms in total. The van der Waals surface area contributed by atoms with Gasteiger partial charge in [0.1, 0.15) is 33.5 Å². The van der Waals surface area contributed by atoms with Gasteiger partial charge in [0.05, 0.1) is 0 Å². The third-order valence-corrected chi connectivity index (χ3v) is 12.1. The fourth-order valence-electron chi connectivity index (χ4n) is 9.50. The molecule has 0 fully saturated rings. The molecule has 0 atom stereocenters. The maximum absolute atomic E-state index is 6.67. The molecular weight excluding hydrogens is 697 g/mol. The Hall–Kier alpha value is -7.62. The predicted molar refractivity (Wildman–Crippen MR) is 237 cm³/mol. The van der Waals surface area contributed by atoms with Gasteiger partial charge in [-0.25, -0.2) is 0 Å². The van der Waals surface area contributed by atoms with E-state index < -0.39 is 0 Å². The summed E-state index contributed by atoms with van der Waals surface area (Å²) in [4.78, 5) is 0. The Balaban J connectivity index is 0.990. The number of hydrogen-bond acceptors (Lipinski definition) is 3.